The van der Waals surface area contributed by atoms with E-state index < -0.39 is 11.9 Å². The van der Waals surface area contributed by atoms with E-state index in [1.54, 1.807) is 13.8 Å². The first kappa shape index (κ1) is 19.5. The number of aromatic nitrogens is 1. The molecular formula is C24H27NO4. The van der Waals surface area contributed by atoms with Crippen LogP contribution in [0.2, 0.25) is 0 Å². The Morgan fingerprint density at radius 3 is 2.28 bits per heavy atom. The quantitative estimate of drug-likeness (QED) is 0.563. The summed E-state index contributed by atoms with van der Waals surface area (Å²) in [6.45, 7) is 4.07. The number of para-hydroxylation sites is 1. The van der Waals surface area contributed by atoms with Gasteiger partial charge in [0.25, 0.3) is 0 Å². The second kappa shape index (κ2) is 8.27. The summed E-state index contributed by atoms with van der Waals surface area (Å²) in [7, 11) is 0. The van der Waals surface area contributed by atoms with Gasteiger partial charge in [0.1, 0.15) is 0 Å². The van der Waals surface area contributed by atoms with Gasteiger partial charge in [0.15, 0.2) is 0 Å². The van der Waals surface area contributed by atoms with Gasteiger partial charge >= 0.3 is 11.9 Å². The van der Waals surface area contributed by atoms with Crippen molar-refractivity contribution in [3.63, 3.8) is 0 Å². The molecule has 1 aromatic heterocycles. The van der Waals surface area contributed by atoms with Gasteiger partial charge < -0.3 is 14.5 Å². The molecule has 0 unspecified atom stereocenters. The largest absolute Gasteiger partial charge is 0.462 e. The molecule has 1 aliphatic rings. The number of aromatic amines is 1. The molecule has 1 aliphatic carbocycles. The number of benzene rings is 2. The molecule has 0 bridgehead atoms. The van der Waals surface area contributed by atoms with Gasteiger partial charge in [0, 0.05) is 21.8 Å². The van der Waals surface area contributed by atoms with Gasteiger partial charge in [-0.15, -0.1) is 0 Å². The summed E-state index contributed by atoms with van der Waals surface area (Å²) in [5, 5.41) is 1.65. The van der Waals surface area contributed by atoms with Crippen LogP contribution in [0.15, 0.2) is 30.3 Å². The Hall–Kier alpha value is -2.82. The SMILES string of the molecule is CCOC(=O)c1c(C2CCCCC2)cc2[nH]c3ccccc3c2c1C(=O)OCC. The lowest BCUT2D eigenvalue weighted by molar-refractivity contribution is 0.0479. The number of ether oxygens (including phenoxy) is 2. The smallest absolute Gasteiger partial charge is 0.339 e. The Labute approximate surface area is 170 Å². The van der Waals surface area contributed by atoms with Crippen LogP contribution in [-0.2, 0) is 9.47 Å². The lowest BCUT2D eigenvalue weighted by Gasteiger charge is -2.25. The molecular weight excluding hydrogens is 366 g/mol. The van der Waals surface area contributed by atoms with Gasteiger partial charge in [-0.1, -0.05) is 37.5 Å². The summed E-state index contributed by atoms with van der Waals surface area (Å²) in [6, 6.07) is 9.89. The van der Waals surface area contributed by atoms with Crippen LogP contribution in [-0.4, -0.2) is 30.1 Å². The van der Waals surface area contributed by atoms with Crippen molar-refractivity contribution < 1.29 is 19.1 Å². The third-order valence-corrected chi connectivity index (χ3v) is 5.83. The van der Waals surface area contributed by atoms with Gasteiger partial charge in [-0.2, -0.15) is 0 Å². The molecule has 3 aromatic rings. The number of rotatable bonds is 5. The minimum atomic E-state index is -0.469. The standard InChI is InChI=1S/C24H27NO4/c1-3-28-23(26)21-17(15-10-6-5-7-11-15)14-19-20(22(21)24(27)29-4-2)16-12-8-9-13-18(16)25-19/h8-9,12-15,25H,3-7,10-11H2,1-2H3. The summed E-state index contributed by atoms with van der Waals surface area (Å²) >= 11 is 0. The minimum Gasteiger partial charge on any atom is -0.462 e. The number of fused-ring (bicyclic) bond motifs is 3. The molecule has 2 aromatic carbocycles. The van der Waals surface area contributed by atoms with E-state index in [0.29, 0.717) is 11.1 Å². The van der Waals surface area contributed by atoms with Crippen molar-refractivity contribution >= 4 is 33.7 Å². The van der Waals surface area contributed by atoms with Crippen LogP contribution < -0.4 is 0 Å². The first-order chi connectivity index (χ1) is 14.2. The van der Waals surface area contributed by atoms with Crippen LogP contribution in [0, 0.1) is 0 Å². The maximum atomic E-state index is 13.1. The molecule has 1 heterocycles. The van der Waals surface area contributed by atoms with Crippen molar-refractivity contribution in [3.05, 3.63) is 47.0 Å². The van der Waals surface area contributed by atoms with Crippen LogP contribution in [0.5, 0.6) is 0 Å². The minimum absolute atomic E-state index is 0.243. The Bertz CT molecular complexity index is 1060. The lowest BCUT2D eigenvalue weighted by Crippen LogP contribution is -2.19. The fraction of sp³-hybridized carbons (Fsp3) is 0.417. The van der Waals surface area contributed by atoms with Crippen LogP contribution in [0.4, 0.5) is 0 Å². The zero-order valence-corrected chi connectivity index (χ0v) is 17.0. The van der Waals surface area contributed by atoms with Crippen molar-refractivity contribution in [3.8, 4) is 0 Å². The number of hydrogen-bond acceptors (Lipinski definition) is 4. The van der Waals surface area contributed by atoms with Crippen LogP contribution in [0.3, 0.4) is 0 Å². The van der Waals surface area contributed by atoms with Gasteiger partial charge in [0.2, 0.25) is 0 Å². The van der Waals surface area contributed by atoms with E-state index in [-0.39, 0.29) is 19.1 Å². The number of carbonyl (C=O) groups is 2. The fourth-order valence-corrected chi connectivity index (χ4v) is 4.60. The zero-order chi connectivity index (χ0) is 20.4. The molecule has 0 spiro atoms. The summed E-state index contributed by atoms with van der Waals surface area (Å²) in [5.74, 6) is -0.668. The molecule has 0 saturated heterocycles. The van der Waals surface area contributed by atoms with Crippen molar-refractivity contribution in [1.82, 2.24) is 4.98 Å². The maximum Gasteiger partial charge on any atom is 0.339 e. The Morgan fingerprint density at radius 2 is 1.59 bits per heavy atom. The maximum absolute atomic E-state index is 13.1. The average Bonchev–Trinajstić information content (AvgIpc) is 3.11. The molecule has 5 heteroatoms. The molecule has 5 nitrogen and oxygen atoms in total. The topological polar surface area (TPSA) is 68.4 Å². The molecule has 29 heavy (non-hydrogen) atoms. The number of nitrogens with one attached hydrogen (secondary N) is 1. The molecule has 1 N–H and O–H groups in total. The summed E-state index contributed by atoms with van der Waals surface area (Å²) in [4.78, 5) is 29.7. The highest BCUT2D eigenvalue weighted by Gasteiger charge is 2.31. The number of esters is 2. The second-order valence-corrected chi connectivity index (χ2v) is 7.58. The predicted octanol–water partition coefficient (Wildman–Crippen LogP) is 5.72. The number of carbonyl (C=O) groups excluding carboxylic acids is 2. The van der Waals surface area contributed by atoms with Crippen molar-refractivity contribution in [2.24, 2.45) is 0 Å². The highest BCUT2D eigenvalue weighted by atomic mass is 16.5. The van der Waals surface area contributed by atoms with Crippen molar-refractivity contribution in [2.45, 2.75) is 51.9 Å². The Kier molecular flexibility index (Phi) is 5.56. The Morgan fingerprint density at radius 1 is 0.931 bits per heavy atom. The van der Waals surface area contributed by atoms with Crippen molar-refractivity contribution in [1.29, 1.82) is 0 Å². The van der Waals surface area contributed by atoms with Gasteiger partial charge in [0.05, 0.1) is 24.3 Å². The van der Waals surface area contributed by atoms with E-state index in [1.807, 2.05) is 24.3 Å². The van der Waals surface area contributed by atoms with Gasteiger partial charge in [-0.05, 0) is 50.3 Å². The van der Waals surface area contributed by atoms with Crippen LogP contribution >= 0.6 is 0 Å². The Balaban J connectivity index is 2.07. The highest BCUT2D eigenvalue weighted by Crippen LogP contribution is 2.40. The summed E-state index contributed by atoms with van der Waals surface area (Å²) in [5.41, 5.74) is 3.42. The fourth-order valence-electron chi connectivity index (χ4n) is 4.60. The predicted molar refractivity (Wildman–Crippen MR) is 114 cm³/mol. The van der Waals surface area contributed by atoms with Crippen LogP contribution in [0.25, 0.3) is 21.8 Å². The van der Waals surface area contributed by atoms with E-state index in [4.69, 9.17) is 9.47 Å². The van der Waals surface area contributed by atoms with Gasteiger partial charge in [-0.25, -0.2) is 9.59 Å². The number of hydrogen-bond donors (Lipinski definition) is 1. The second-order valence-electron chi connectivity index (χ2n) is 7.58. The summed E-state index contributed by atoms with van der Waals surface area (Å²) < 4.78 is 10.8. The van der Waals surface area contributed by atoms with Crippen molar-refractivity contribution in [2.75, 3.05) is 13.2 Å². The lowest BCUT2D eigenvalue weighted by atomic mass is 9.80. The number of H-pyrrole nitrogens is 1. The molecule has 4 rings (SSSR count). The van der Waals surface area contributed by atoms with E-state index in [0.717, 1.165) is 53.1 Å². The third-order valence-electron chi connectivity index (χ3n) is 5.83. The highest BCUT2D eigenvalue weighted by molar-refractivity contribution is 6.21. The molecule has 0 aliphatic heterocycles. The summed E-state index contributed by atoms with van der Waals surface area (Å²) in [6.07, 6.45) is 5.50. The molecule has 152 valence electrons. The van der Waals surface area contributed by atoms with Gasteiger partial charge in [-0.3, -0.25) is 0 Å². The third kappa shape index (κ3) is 3.50. The van der Waals surface area contributed by atoms with Crippen LogP contribution in [0.1, 0.15) is 78.1 Å². The zero-order valence-electron chi connectivity index (χ0n) is 17.0. The van der Waals surface area contributed by atoms with E-state index in [2.05, 4.69) is 11.1 Å². The molecule has 0 radical (unpaired) electrons. The molecule has 1 saturated carbocycles. The first-order valence-electron chi connectivity index (χ1n) is 10.6. The average molecular weight is 393 g/mol. The normalized spacial score (nSPS) is 15.0. The van der Waals surface area contributed by atoms with E-state index >= 15 is 0 Å². The molecule has 0 amide bonds. The van der Waals surface area contributed by atoms with E-state index in [9.17, 15) is 9.59 Å². The monoisotopic (exact) mass is 393 g/mol. The molecule has 1 fully saturated rings. The van der Waals surface area contributed by atoms with E-state index in [1.165, 1.54) is 6.42 Å². The first-order valence-corrected chi connectivity index (χ1v) is 10.6. The molecule has 0 atom stereocenters.